The lowest BCUT2D eigenvalue weighted by molar-refractivity contribution is -0.384. The van der Waals surface area contributed by atoms with Gasteiger partial charge in [-0.2, -0.15) is 0 Å². The molecular formula is C25H26B3N7O3. The van der Waals surface area contributed by atoms with Crippen LogP contribution < -0.4 is 15.0 Å². The third-order valence-electron chi connectivity index (χ3n) is 6.09. The molecule has 13 heteroatoms. The number of aromatic nitrogens is 3. The van der Waals surface area contributed by atoms with Crippen LogP contribution in [0.15, 0.2) is 54.9 Å². The van der Waals surface area contributed by atoms with Gasteiger partial charge < -0.3 is 24.4 Å². The summed E-state index contributed by atoms with van der Waals surface area (Å²) in [5.41, 5.74) is 2.79. The van der Waals surface area contributed by atoms with E-state index in [-0.39, 0.29) is 11.6 Å². The van der Waals surface area contributed by atoms with E-state index < -0.39 is 10.2 Å². The minimum absolute atomic E-state index is 0.0704. The van der Waals surface area contributed by atoms with E-state index in [9.17, 15) is 10.1 Å². The van der Waals surface area contributed by atoms with Gasteiger partial charge in [0.1, 0.15) is 11.4 Å². The highest BCUT2D eigenvalue weighted by atomic mass is 16.6. The van der Waals surface area contributed by atoms with Crippen LogP contribution in [0.4, 0.5) is 23.0 Å². The first kappa shape index (κ1) is 27.1. The average molecular weight is 505 g/mol. The Hall–Kier alpha value is -3.99. The van der Waals surface area contributed by atoms with Gasteiger partial charge in [-0.05, 0) is 26.2 Å². The zero-order valence-corrected chi connectivity index (χ0v) is 21.8. The second kappa shape index (κ2) is 10.8. The number of nitro groups is 1. The lowest BCUT2D eigenvalue weighted by Gasteiger charge is -2.24. The average Bonchev–Trinajstić information content (AvgIpc) is 3.27. The van der Waals surface area contributed by atoms with Crippen molar-refractivity contribution in [2.75, 3.05) is 51.6 Å². The van der Waals surface area contributed by atoms with Crippen LogP contribution in [0.5, 0.6) is 5.75 Å². The summed E-state index contributed by atoms with van der Waals surface area (Å²) in [6, 6.07) is 12.3. The van der Waals surface area contributed by atoms with Gasteiger partial charge >= 0.3 is 0 Å². The first-order chi connectivity index (χ1) is 18.0. The molecule has 0 aliphatic rings. The number of anilines is 3. The van der Waals surface area contributed by atoms with E-state index in [0.29, 0.717) is 29.4 Å². The molecule has 0 saturated carbocycles. The van der Waals surface area contributed by atoms with E-state index in [1.165, 1.54) is 13.2 Å². The summed E-state index contributed by atoms with van der Waals surface area (Å²) in [5.74, 6) is 0.632. The lowest BCUT2D eigenvalue weighted by atomic mass is 9.49. The molecule has 4 rings (SSSR count). The summed E-state index contributed by atoms with van der Waals surface area (Å²) in [7, 11) is 25.1. The number of nitrogens with one attached hydrogen (secondary N) is 1. The third-order valence-corrected chi connectivity index (χ3v) is 6.09. The van der Waals surface area contributed by atoms with E-state index in [1.807, 2.05) is 48.2 Å². The molecule has 0 unspecified atom stereocenters. The van der Waals surface area contributed by atoms with Gasteiger partial charge in [0.05, 0.1) is 47.0 Å². The number of rotatable bonds is 10. The third kappa shape index (κ3) is 5.62. The molecule has 2 aromatic heterocycles. The Kier molecular flexibility index (Phi) is 7.68. The highest BCUT2D eigenvalue weighted by Crippen LogP contribution is 2.39. The fourth-order valence-corrected chi connectivity index (χ4v) is 4.14. The van der Waals surface area contributed by atoms with Crippen molar-refractivity contribution in [3.8, 4) is 17.0 Å². The molecule has 2 heterocycles. The molecule has 0 bridgehead atoms. The molecule has 10 nitrogen and oxygen atoms in total. The molecule has 0 spiro atoms. The van der Waals surface area contributed by atoms with Crippen LogP contribution in [0, 0.1) is 10.1 Å². The first-order valence-electron chi connectivity index (χ1n) is 11.8. The molecule has 2 aromatic carbocycles. The summed E-state index contributed by atoms with van der Waals surface area (Å²) in [6.45, 7) is 1.32. The van der Waals surface area contributed by atoms with Crippen LogP contribution in [0.25, 0.3) is 22.2 Å². The zero-order chi connectivity index (χ0) is 27.6. The largest absolute Gasteiger partial charge is 0.494 e. The van der Waals surface area contributed by atoms with Crippen molar-refractivity contribution < 1.29 is 9.66 Å². The van der Waals surface area contributed by atoms with E-state index in [4.69, 9.17) is 28.3 Å². The number of nitrogens with zero attached hydrogens (tertiary/aromatic N) is 6. The SMILES string of the molecule is [B]C([B])([B])n1cc(-c2ccnc(Nc3cc([N+](=O)[O-])c(N(C)CCN(C)C)cc3OC)n2)c2ccccc21. The van der Waals surface area contributed by atoms with Crippen LogP contribution in [0.1, 0.15) is 0 Å². The second-order valence-electron chi connectivity index (χ2n) is 9.23. The minimum atomic E-state index is -1.61. The quantitative estimate of drug-likeness (QED) is 0.200. The standard InChI is InChI=1S/C25H26B3N7O3/c1-32(2)11-12-33(3)21-14-23(38-4)19(13-22(21)35(36)37)31-24-29-10-9-18(30-24)17-15-34(25(26,27)28)20-8-6-5-7-16(17)20/h5-10,13-15H,11-12H2,1-4H3,(H,29,30,31). The molecule has 1 N–H and O–H groups in total. The maximum Gasteiger partial charge on any atom is 0.294 e. The molecule has 0 saturated heterocycles. The summed E-state index contributed by atoms with van der Waals surface area (Å²) in [6.07, 6.45) is 3.32. The van der Waals surface area contributed by atoms with Crippen LogP contribution in [-0.2, 0) is 5.24 Å². The second-order valence-corrected chi connectivity index (χ2v) is 9.23. The molecule has 0 aliphatic heterocycles. The normalized spacial score (nSPS) is 11.6. The van der Waals surface area contributed by atoms with Crippen molar-refractivity contribution in [3.63, 3.8) is 0 Å². The summed E-state index contributed by atoms with van der Waals surface area (Å²) < 4.78 is 7.13. The fourth-order valence-electron chi connectivity index (χ4n) is 4.14. The Balaban J connectivity index is 1.73. The molecular weight excluding hydrogens is 479 g/mol. The maximum absolute atomic E-state index is 12.0. The zero-order valence-electron chi connectivity index (χ0n) is 21.8. The Morgan fingerprint density at radius 2 is 1.87 bits per heavy atom. The molecule has 6 radical (unpaired) electrons. The molecule has 0 fully saturated rings. The summed E-state index contributed by atoms with van der Waals surface area (Å²) >= 11 is 0. The van der Waals surface area contributed by atoms with Gasteiger partial charge in [-0.25, -0.2) is 9.97 Å². The molecule has 4 aromatic rings. The highest BCUT2D eigenvalue weighted by molar-refractivity contribution is 6.57. The minimum Gasteiger partial charge on any atom is -0.494 e. The van der Waals surface area contributed by atoms with E-state index in [1.54, 1.807) is 36.1 Å². The predicted octanol–water partition coefficient (Wildman–Crippen LogP) is 2.83. The van der Waals surface area contributed by atoms with E-state index >= 15 is 0 Å². The van der Waals surface area contributed by atoms with Crippen LogP contribution in [0.2, 0.25) is 0 Å². The number of likely N-dealkylation sites (N-methyl/N-ethyl adjacent to an activating group) is 2. The predicted molar refractivity (Wildman–Crippen MR) is 153 cm³/mol. The molecule has 0 aliphatic carbocycles. The molecule has 38 heavy (non-hydrogen) atoms. The Morgan fingerprint density at radius 3 is 2.53 bits per heavy atom. The number of hydrogen-bond donors (Lipinski definition) is 1. The maximum atomic E-state index is 12.0. The van der Waals surface area contributed by atoms with Crippen molar-refractivity contribution in [3.05, 3.63) is 65.0 Å². The number of fused-ring (bicyclic) bond motifs is 1. The number of benzene rings is 2. The van der Waals surface area contributed by atoms with Crippen molar-refractivity contribution >= 4 is 57.5 Å². The van der Waals surface area contributed by atoms with Crippen molar-refractivity contribution in [2.45, 2.75) is 5.24 Å². The van der Waals surface area contributed by atoms with Gasteiger partial charge in [-0.3, -0.25) is 10.1 Å². The summed E-state index contributed by atoms with van der Waals surface area (Å²) in [5, 5.41) is 14.3. The van der Waals surface area contributed by atoms with Crippen molar-refractivity contribution in [1.82, 2.24) is 19.4 Å². The van der Waals surface area contributed by atoms with Gasteiger partial charge in [0.15, 0.2) is 0 Å². The van der Waals surface area contributed by atoms with Crippen LogP contribution in [-0.4, -0.2) is 89.2 Å². The number of ether oxygens (including phenoxy) is 1. The Labute approximate surface area is 225 Å². The van der Waals surface area contributed by atoms with Crippen LogP contribution in [0.3, 0.4) is 0 Å². The topological polar surface area (TPSA) is 102 Å². The van der Waals surface area contributed by atoms with Gasteiger partial charge in [-0.1, -0.05) is 23.4 Å². The Bertz CT molecular complexity index is 1470. The van der Waals surface area contributed by atoms with Gasteiger partial charge in [0.25, 0.3) is 5.69 Å². The summed E-state index contributed by atoms with van der Waals surface area (Å²) in [4.78, 5) is 24.3. The van der Waals surface area contributed by atoms with Gasteiger partial charge in [0, 0.05) is 61.1 Å². The van der Waals surface area contributed by atoms with Gasteiger partial charge in [0.2, 0.25) is 5.95 Å². The first-order valence-corrected chi connectivity index (χ1v) is 11.8. The number of methoxy groups -OCH3 is 1. The number of nitro benzene ring substituents is 1. The van der Waals surface area contributed by atoms with Crippen molar-refractivity contribution in [2.24, 2.45) is 0 Å². The van der Waals surface area contributed by atoms with Crippen LogP contribution >= 0.6 is 0 Å². The molecule has 188 valence electrons. The number of hydrogen-bond acceptors (Lipinski definition) is 8. The monoisotopic (exact) mass is 505 g/mol. The van der Waals surface area contributed by atoms with E-state index in [0.717, 1.165) is 23.0 Å². The molecule has 0 amide bonds. The van der Waals surface area contributed by atoms with Crippen molar-refractivity contribution in [1.29, 1.82) is 0 Å². The van der Waals surface area contributed by atoms with Gasteiger partial charge in [-0.15, -0.1) is 0 Å². The lowest BCUT2D eigenvalue weighted by Crippen LogP contribution is -2.34. The Morgan fingerprint density at radius 1 is 1.13 bits per heavy atom. The fraction of sp³-hybridized carbons (Fsp3) is 0.280. The molecule has 0 atom stereocenters. The van der Waals surface area contributed by atoms with E-state index in [2.05, 4.69) is 15.3 Å². The number of para-hydroxylation sites is 1. The smallest absolute Gasteiger partial charge is 0.294 e. The highest BCUT2D eigenvalue weighted by Gasteiger charge is 2.23.